The van der Waals surface area contributed by atoms with E-state index in [1.807, 2.05) is 25.1 Å². The molecule has 10 heteroatoms. The van der Waals surface area contributed by atoms with Gasteiger partial charge >= 0.3 is 11.7 Å². The number of rotatable bonds is 6. The van der Waals surface area contributed by atoms with E-state index in [0.29, 0.717) is 12.2 Å². The van der Waals surface area contributed by atoms with Gasteiger partial charge in [0.25, 0.3) is 6.47 Å². The van der Waals surface area contributed by atoms with Crippen molar-refractivity contribution in [3.63, 3.8) is 0 Å². The zero-order valence-corrected chi connectivity index (χ0v) is 14.8. The molecule has 0 amide bonds. The predicted molar refractivity (Wildman–Crippen MR) is 90.1 cm³/mol. The molecule has 2 aromatic rings. The van der Waals surface area contributed by atoms with E-state index in [0.717, 1.165) is 24.4 Å². The SMILES string of the molecule is COC(=O)c1c([N+](=O)[O-])cnn1Cc1ccc(C)cc1OC.COC=O. The molecule has 0 bridgehead atoms. The Morgan fingerprint density at radius 1 is 1.35 bits per heavy atom. The average molecular weight is 365 g/mol. The third-order valence-electron chi connectivity index (χ3n) is 3.25. The minimum atomic E-state index is -0.810. The Hall–Kier alpha value is -3.43. The molecule has 0 aliphatic rings. The molecule has 1 heterocycles. The fourth-order valence-electron chi connectivity index (χ4n) is 2.08. The number of esters is 1. The molecule has 10 nitrogen and oxygen atoms in total. The summed E-state index contributed by atoms with van der Waals surface area (Å²) in [4.78, 5) is 31.1. The van der Waals surface area contributed by atoms with Crippen molar-refractivity contribution in [3.8, 4) is 5.75 Å². The van der Waals surface area contributed by atoms with Crippen LogP contribution in [0, 0.1) is 17.0 Å². The largest absolute Gasteiger partial charge is 0.496 e. The molecule has 0 aliphatic heterocycles. The third kappa shape index (κ3) is 5.03. The maximum absolute atomic E-state index is 11.8. The fraction of sp³-hybridized carbons (Fsp3) is 0.312. The number of aromatic nitrogens is 2. The molecule has 0 saturated carbocycles. The van der Waals surface area contributed by atoms with Crippen molar-refractivity contribution >= 4 is 18.1 Å². The predicted octanol–water partition coefficient (Wildman–Crippen LogP) is 1.73. The van der Waals surface area contributed by atoms with E-state index >= 15 is 0 Å². The van der Waals surface area contributed by atoms with Gasteiger partial charge in [0.15, 0.2) is 0 Å². The molecular formula is C16H19N3O7. The van der Waals surface area contributed by atoms with Crippen LogP contribution in [0.2, 0.25) is 0 Å². The Balaban J connectivity index is 0.000000765. The molecule has 1 aromatic carbocycles. The van der Waals surface area contributed by atoms with Crippen molar-refractivity contribution in [1.29, 1.82) is 0 Å². The summed E-state index contributed by atoms with van der Waals surface area (Å²) in [7, 11) is 4.01. The van der Waals surface area contributed by atoms with Gasteiger partial charge in [-0.15, -0.1) is 0 Å². The van der Waals surface area contributed by atoms with E-state index in [9.17, 15) is 14.9 Å². The molecular weight excluding hydrogens is 346 g/mol. The number of hydrogen-bond acceptors (Lipinski definition) is 8. The quantitative estimate of drug-likeness (QED) is 0.328. The molecule has 1 aromatic heterocycles. The highest BCUT2D eigenvalue weighted by Gasteiger charge is 2.28. The van der Waals surface area contributed by atoms with Crippen LogP contribution in [-0.2, 0) is 20.8 Å². The van der Waals surface area contributed by atoms with Crippen LogP contribution >= 0.6 is 0 Å². The smallest absolute Gasteiger partial charge is 0.363 e. The summed E-state index contributed by atoms with van der Waals surface area (Å²) in [6, 6.07) is 5.54. The van der Waals surface area contributed by atoms with Gasteiger partial charge in [-0.2, -0.15) is 5.10 Å². The van der Waals surface area contributed by atoms with Crippen molar-refractivity contribution in [2.45, 2.75) is 13.5 Å². The number of benzene rings is 1. The Kier molecular flexibility index (Phi) is 7.74. The molecule has 0 N–H and O–H groups in total. The number of carbonyl (C=O) groups is 2. The Morgan fingerprint density at radius 3 is 2.50 bits per heavy atom. The second-order valence-corrected chi connectivity index (χ2v) is 4.93. The topological polar surface area (TPSA) is 123 Å². The average Bonchev–Trinajstić information content (AvgIpc) is 3.06. The first-order valence-corrected chi connectivity index (χ1v) is 7.28. The number of nitro groups is 1. The summed E-state index contributed by atoms with van der Waals surface area (Å²) in [5.74, 6) is -0.191. The maximum Gasteiger partial charge on any atom is 0.363 e. The number of methoxy groups -OCH3 is 3. The van der Waals surface area contributed by atoms with E-state index in [1.54, 1.807) is 0 Å². The van der Waals surface area contributed by atoms with Crippen LogP contribution in [0.1, 0.15) is 21.6 Å². The lowest BCUT2D eigenvalue weighted by Gasteiger charge is -2.11. The lowest BCUT2D eigenvalue weighted by atomic mass is 10.1. The minimum absolute atomic E-state index is 0.154. The molecule has 26 heavy (non-hydrogen) atoms. The third-order valence-corrected chi connectivity index (χ3v) is 3.25. The van der Waals surface area contributed by atoms with Crippen molar-refractivity contribution < 1.29 is 28.7 Å². The van der Waals surface area contributed by atoms with Gasteiger partial charge in [-0.25, -0.2) is 9.48 Å². The molecule has 2 rings (SSSR count). The molecule has 0 spiro atoms. The second kappa shape index (κ2) is 9.77. The van der Waals surface area contributed by atoms with E-state index in [4.69, 9.17) is 9.53 Å². The Labute approximate surface area is 149 Å². The van der Waals surface area contributed by atoms with Crippen molar-refractivity contribution in [2.24, 2.45) is 0 Å². The van der Waals surface area contributed by atoms with Crippen LogP contribution in [0.5, 0.6) is 5.75 Å². The normalized spacial score (nSPS) is 9.54. The van der Waals surface area contributed by atoms with Crippen molar-refractivity contribution in [1.82, 2.24) is 9.78 Å². The summed E-state index contributed by atoms with van der Waals surface area (Å²) in [6.07, 6.45) is 1.03. The summed E-state index contributed by atoms with van der Waals surface area (Å²) in [5, 5.41) is 14.9. The van der Waals surface area contributed by atoms with Gasteiger partial charge in [0.2, 0.25) is 5.69 Å². The van der Waals surface area contributed by atoms with Gasteiger partial charge in [-0.05, 0) is 18.6 Å². The van der Waals surface area contributed by atoms with Gasteiger partial charge in [0.1, 0.15) is 11.9 Å². The van der Waals surface area contributed by atoms with Crippen LogP contribution in [-0.4, -0.2) is 48.5 Å². The second-order valence-electron chi connectivity index (χ2n) is 4.93. The lowest BCUT2D eigenvalue weighted by molar-refractivity contribution is -0.385. The number of hydrogen-bond donors (Lipinski definition) is 0. The van der Waals surface area contributed by atoms with E-state index in [2.05, 4.69) is 14.6 Å². The standard InChI is InChI=1S/C14H15N3O5.C2H4O2/c1-9-4-5-10(12(6-9)21-2)8-16-13(14(18)22-3)11(7-15-16)17(19)20;1-4-2-3/h4-7H,8H2,1-3H3;2H,1H3. The first-order chi connectivity index (χ1) is 12.4. The van der Waals surface area contributed by atoms with Gasteiger partial charge in [-0.3, -0.25) is 14.9 Å². The van der Waals surface area contributed by atoms with Crippen molar-refractivity contribution in [2.75, 3.05) is 21.3 Å². The minimum Gasteiger partial charge on any atom is -0.496 e. The molecule has 0 fully saturated rings. The monoisotopic (exact) mass is 365 g/mol. The van der Waals surface area contributed by atoms with Gasteiger partial charge in [0.05, 0.1) is 32.8 Å². The number of nitrogens with zero attached hydrogens (tertiary/aromatic N) is 3. The first kappa shape index (κ1) is 20.6. The highest BCUT2D eigenvalue weighted by molar-refractivity contribution is 5.91. The Morgan fingerprint density at radius 2 is 2.00 bits per heavy atom. The lowest BCUT2D eigenvalue weighted by Crippen LogP contribution is -2.14. The zero-order valence-electron chi connectivity index (χ0n) is 14.8. The first-order valence-electron chi connectivity index (χ1n) is 7.28. The molecule has 140 valence electrons. The van der Waals surface area contributed by atoms with Crippen LogP contribution in [0.3, 0.4) is 0 Å². The fourth-order valence-corrected chi connectivity index (χ4v) is 2.08. The Bertz CT molecular complexity index is 786. The van der Waals surface area contributed by atoms with E-state index in [1.165, 1.54) is 18.9 Å². The number of aryl methyl sites for hydroxylation is 1. The van der Waals surface area contributed by atoms with Gasteiger partial charge in [0, 0.05) is 5.56 Å². The highest BCUT2D eigenvalue weighted by Crippen LogP contribution is 2.24. The number of ether oxygens (including phenoxy) is 3. The molecule has 0 aliphatic carbocycles. The zero-order chi connectivity index (χ0) is 19.7. The molecule has 0 radical (unpaired) electrons. The summed E-state index contributed by atoms with van der Waals surface area (Å²) in [5.41, 5.74) is 1.17. The van der Waals surface area contributed by atoms with E-state index in [-0.39, 0.29) is 12.2 Å². The summed E-state index contributed by atoms with van der Waals surface area (Å²) >= 11 is 0. The van der Waals surface area contributed by atoms with Crippen LogP contribution in [0.15, 0.2) is 24.4 Å². The molecule has 0 saturated heterocycles. The molecule has 0 unspecified atom stereocenters. The van der Waals surface area contributed by atoms with Crippen LogP contribution in [0.4, 0.5) is 5.69 Å². The number of carbonyl (C=O) groups excluding carboxylic acids is 2. The van der Waals surface area contributed by atoms with Gasteiger partial charge in [-0.1, -0.05) is 12.1 Å². The van der Waals surface area contributed by atoms with Gasteiger partial charge < -0.3 is 14.2 Å². The molecule has 0 atom stereocenters. The summed E-state index contributed by atoms with van der Waals surface area (Å²) < 4.78 is 15.0. The van der Waals surface area contributed by atoms with E-state index < -0.39 is 16.6 Å². The summed E-state index contributed by atoms with van der Waals surface area (Å²) in [6.45, 7) is 2.45. The van der Waals surface area contributed by atoms with Crippen molar-refractivity contribution in [3.05, 3.63) is 51.3 Å². The highest BCUT2D eigenvalue weighted by atomic mass is 16.6. The van der Waals surface area contributed by atoms with Crippen LogP contribution in [0.25, 0.3) is 0 Å². The van der Waals surface area contributed by atoms with Crippen LogP contribution < -0.4 is 4.74 Å². The maximum atomic E-state index is 11.8.